The van der Waals surface area contributed by atoms with Crippen molar-refractivity contribution in [1.29, 1.82) is 0 Å². The Kier molecular flexibility index (Phi) is 7.13. The highest BCUT2D eigenvalue weighted by Crippen LogP contribution is 2.47. The van der Waals surface area contributed by atoms with E-state index in [0.29, 0.717) is 18.4 Å². The zero-order valence-electron chi connectivity index (χ0n) is 21.9. The number of nitrogens with zero attached hydrogens (tertiary/aromatic N) is 2. The number of fused-ring (bicyclic) bond motifs is 1. The maximum absolute atomic E-state index is 14.0. The van der Waals surface area contributed by atoms with E-state index >= 15 is 0 Å². The summed E-state index contributed by atoms with van der Waals surface area (Å²) in [6.07, 6.45) is 1.51. The van der Waals surface area contributed by atoms with Gasteiger partial charge in [0.25, 0.3) is 0 Å². The Morgan fingerprint density at radius 2 is 1.54 bits per heavy atom. The quantitative estimate of drug-likeness (QED) is 0.408. The number of para-hydroxylation sites is 2. The van der Waals surface area contributed by atoms with Gasteiger partial charge in [-0.3, -0.25) is 14.5 Å². The number of ketones is 1. The maximum atomic E-state index is 14.0. The van der Waals surface area contributed by atoms with Gasteiger partial charge in [-0.2, -0.15) is 0 Å². The van der Waals surface area contributed by atoms with Crippen molar-refractivity contribution in [2.24, 2.45) is 0 Å². The van der Waals surface area contributed by atoms with Crippen LogP contribution in [-0.2, 0) is 9.59 Å². The Labute approximate surface area is 219 Å². The number of benzene rings is 3. The van der Waals surface area contributed by atoms with Crippen LogP contribution in [-0.4, -0.2) is 24.8 Å². The molecule has 0 unspecified atom stereocenters. The molecule has 1 aliphatic carbocycles. The largest absolute Gasteiger partial charge is 0.372 e. The summed E-state index contributed by atoms with van der Waals surface area (Å²) in [6.45, 7) is 8.02. The minimum absolute atomic E-state index is 0.00111. The molecule has 190 valence electrons. The van der Waals surface area contributed by atoms with Gasteiger partial charge in [0.1, 0.15) is 0 Å². The fraction of sp³-hybridized carbons (Fsp3) is 0.312. The van der Waals surface area contributed by atoms with Crippen LogP contribution in [0.2, 0.25) is 0 Å². The lowest BCUT2D eigenvalue weighted by Crippen LogP contribution is -2.38. The van der Waals surface area contributed by atoms with E-state index in [1.165, 1.54) is 5.56 Å². The number of hydrogen-bond donors (Lipinski definition) is 1. The van der Waals surface area contributed by atoms with Gasteiger partial charge < -0.3 is 10.2 Å². The molecule has 1 aliphatic heterocycles. The highest BCUT2D eigenvalue weighted by molar-refractivity contribution is 6.06. The molecule has 5 heteroatoms. The molecule has 0 spiro atoms. The van der Waals surface area contributed by atoms with E-state index in [1.54, 1.807) is 0 Å². The fourth-order valence-electron chi connectivity index (χ4n) is 5.77. The predicted molar refractivity (Wildman–Crippen MR) is 151 cm³/mol. The van der Waals surface area contributed by atoms with Crippen molar-refractivity contribution in [2.45, 2.75) is 52.0 Å². The molecule has 0 saturated heterocycles. The smallest absolute Gasteiger partial charge is 0.227 e. The van der Waals surface area contributed by atoms with Gasteiger partial charge in [-0.1, -0.05) is 61.5 Å². The van der Waals surface area contributed by atoms with Gasteiger partial charge in [0.2, 0.25) is 5.91 Å². The highest BCUT2D eigenvalue weighted by Gasteiger charge is 2.41. The van der Waals surface area contributed by atoms with Crippen molar-refractivity contribution < 1.29 is 9.59 Å². The third-order valence-electron chi connectivity index (χ3n) is 7.67. The van der Waals surface area contributed by atoms with Crippen molar-refractivity contribution in [3.05, 3.63) is 101 Å². The van der Waals surface area contributed by atoms with Gasteiger partial charge in [0.15, 0.2) is 5.78 Å². The maximum Gasteiger partial charge on any atom is 0.227 e. The third-order valence-corrected chi connectivity index (χ3v) is 7.67. The van der Waals surface area contributed by atoms with E-state index in [-0.39, 0.29) is 17.6 Å². The molecule has 5 rings (SSSR count). The predicted octanol–water partition coefficient (Wildman–Crippen LogP) is 6.84. The summed E-state index contributed by atoms with van der Waals surface area (Å²) in [6, 6.07) is 26.1. The topological polar surface area (TPSA) is 52.7 Å². The summed E-state index contributed by atoms with van der Waals surface area (Å²) >= 11 is 0. The number of anilines is 3. The second kappa shape index (κ2) is 10.6. The van der Waals surface area contributed by atoms with Crippen LogP contribution < -0.4 is 15.1 Å². The van der Waals surface area contributed by atoms with Crippen molar-refractivity contribution >= 4 is 28.8 Å². The van der Waals surface area contributed by atoms with E-state index in [9.17, 15) is 9.59 Å². The van der Waals surface area contributed by atoms with Crippen molar-refractivity contribution in [3.63, 3.8) is 0 Å². The first kappa shape index (κ1) is 24.8. The first-order chi connectivity index (χ1) is 18.0. The monoisotopic (exact) mass is 493 g/mol. The summed E-state index contributed by atoms with van der Waals surface area (Å²) in [5.41, 5.74) is 6.56. The molecule has 0 bridgehead atoms. The fourth-order valence-corrected chi connectivity index (χ4v) is 5.77. The number of Topliss-reactive ketones (excluding diaryl/α,β-unsaturated/α-hetero) is 1. The summed E-state index contributed by atoms with van der Waals surface area (Å²) in [5, 5.41) is 3.60. The van der Waals surface area contributed by atoms with Gasteiger partial charge in [-0.25, -0.2) is 0 Å². The molecule has 1 amide bonds. The number of rotatable bonds is 6. The molecule has 0 saturated carbocycles. The highest BCUT2D eigenvalue weighted by atomic mass is 16.2. The van der Waals surface area contributed by atoms with Crippen LogP contribution >= 0.6 is 0 Å². The number of amides is 1. The molecule has 1 N–H and O–H groups in total. The molecule has 1 heterocycles. The molecule has 3 aromatic rings. The molecular weight excluding hydrogens is 458 g/mol. The van der Waals surface area contributed by atoms with E-state index < -0.39 is 6.04 Å². The number of nitrogens with one attached hydrogen (secondary N) is 1. The van der Waals surface area contributed by atoms with E-state index in [2.05, 4.69) is 60.5 Å². The third kappa shape index (κ3) is 4.66. The van der Waals surface area contributed by atoms with Gasteiger partial charge in [0, 0.05) is 42.9 Å². The molecule has 2 aliphatic rings. The minimum atomic E-state index is -0.478. The first-order valence-corrected chi connectivity index (χ1v) is 13.4. The van der Waals surface area contributed by atoms with Crippen molar-refractivity contribution in [1.82, 2.24) is 0 Å². The number of carbonyl (C=O) groups excluding carboxylic acids is 2. The molecule has 0 fully saturated rings. The van der Waals surface area contributed by atoms with Crippen LogP contribution in [0.5, 0.6) is 0 Å². The lowest BCUT2D eigenvalue weighted by Gasteiger charge is -2.35. The Bertz CT molecular complexity index is 1310. The van der Waals surface area contributed by atoms with Gasteiger partial charge >= 0.3 is 0 Å². The number of allylic oxidation sites excluding steroid dienone is 1. The van der Waals surface area contributed by atoms with Crippen LogP contribution in [0.1, 0.15) is 63.1 Å². The summed E-state index contributed by atoms with van der Waals surface area (Å²) in [7, 11) is 0. The molecular formula is C32H35N3O2. The van der Waals surface area contributed by atoms with Crippen molar-refractivity contribution in [3.8, 4) is 0 Å². The standard InChI is InChI=1S/C32H35N3O2/c1-4-30(37)35-28-15-11-10-14-26(28)33-27-20-24(22-12-8-7-9-13-22)21-29(36)31(27)32(35)23-16-18-25(19-17-23)34(5-2)6-3/h7-19,24,32-33H,4-6,20-21H2,1-3H3/t24-,32+/m1/s1. The molecule has 5 nitrogen and oxygen atoms in total. The number of carbonyl (C=O) groups is 2. The Morgan fingerprint density at radius 1 is 0.865 bits per heavy atom. The van der Waals surface area contributed by atoms with Gasteiger partial charge in [-0.15, -0.1) is 0 Å². The van der Waals surface area contributed by atoms with E-state index in [1.807, 2.05) is 54.3 Å². The van der Waals surface area contributed by atoms with E-state index in [4.69, 9.17) is 0 Å². The molecule has 0 aromatic heterocycles. The first-order valence-electron chi connectivity index (χ1n) is 13.4. The van der Waals surface area contributed by atoms with E-state index in [0.717, 1.165) is 47.8 Å². The van der Waals surface area contributed by atoms with Crippen LogP contribution in [0.4, 0.5) is 17.1 Å². The van der Waals surface area contributed by atoms with Gasteiger partial charge in [-0.05, 0) is 61.6 Å². The van der Waals surface area contributed by atoms with Crippen LogP contribution in [0.15, 0.2) is 90.1 Å². The summed E-state index contributed by atoms with van der Waals surface area (Å²) < 4.78 is 0. The SMILES string of the molecule is CCC(=O)N1c2ccccc2NC2=C(C(=O)C[C@H](c3ccccc3)C2)[C@@H]1c1ccc(N(CC)CC)cc1. The lowest BCUT2D eigenvalue weighted by atomic mass is 9.78. The second-order valence-electron chi connectivity index (χ2n) is 9.76. The zero-order chi connectivity index (χ0) is 25.9. The van der Waals surface area contributed by atoms with Crippen LogP contribution in [0.25, 0.3) is 0 Å². The number of hydrogen-bond acceptors (Lipinski definition) is 4. The lowest BCUT2D eigenvalue weighted by molar-refractivity contribution is -0.119. The summed E-state index contributed by atoms with van der Waals surface area (Å²) in [5.74, 6) is 0.201. The Hall–Kier alpha value is -3.86. The van der Waals surface area contributed by atoms with Crippen LogP contribution in [0, 0.1) is 0 Å². The molecule has 2 atom stereocenters. The van der Waals surface area contributed by atoms with Crippen molar-refractivity contribution in [2.75, 3.05) is 28.2 Å². The van der Waals surface area contributed by atoms with Crippen LogP contribution in [0.3, 0.4) is 0 Å². The Morgan fingerprint density at radius 3 is 2.22 bits per heavy atom. The normalized spacial score (nSPS) is 19.0. The zero-order valence-corrected chi connectivity index (χ0v) is 21.9. The average molecular weight is 494 g/mol. The summed E-state index contributed by atoms with van der Waals surface area (Å²) in [4.78, 5) is 31.7. The molecule has 3 aromatic carbocycles. The Balaban J connectivity index is 1.67. The molecule has 0 radical (unpaired) electrons. The average Bonchev–Trinajstić information content (AvgIpc) is 3.09. The van der Waals surface area contributed by atoms with Gasteiger partial charge in [0.05, 0.1) is 17.4 Å². The second-order valence-corrected chi connectivity index (χ2v) is 9.76. The molecule has 37 heavy (non-hydrogen) atoms. The minimum Gasteiger partial charge on any atom is -0.372 e.